The summed E-state index contributed by atoms with van der Waals surface area (Å²) in [6.07, 6.45) is 8.01. The van der Waals surface area contributed by atoms with E-state index in [0.717, 1.165) is 19.3 Å². The maximum absolute atomic E-state index is 12.3. The fourth-order valence-corrected chi connectivity index (χ4v) is 2.28. The van der Waals surface area contributed by atoms with Crippen LogP contribution in [-0.4, -0.2) is 49.1 Å². The van der Waals surface area contributed by atoms with Crippen LogP contribution in [0.4, 0.5) is 0 Å². The Balaban J connectivity index is 4.13. The van der Waals surface area contributed by atoms with Crippen molar-refractivity contribution in [2.24, 2.45) is 0 Å². The molecule has 0 aliphatic rings. The first kappa shape index (κ1) is 22.4. The molecule has 23 heavy (non-hydrogen) atoms. The van der Waals surface area contributed by atoms with E-state index >= 15 is 0 Å². The number of carbonyl (C=O) groups is 1. The van der Waals surface area contributed by atoms with Gasteiger partial charge in [-0.1, -0.05) is 45.4 Å². The second-order valence-electron chi connectivity index (χ2n) is 6.93. The molecule has 0 saturated carbocycles. The molecule has 0 aromatic carbocycles. The highest BCUT2D eigenvalue weighted by Gasteiger charge is 2.24. The molecule has 0 saturated heterocycles. The SMILES string of the molecule is CCCCCCCCC(NCCOCCO)C(=O)OC(C)(C)C. The van der Waals surface area contributed by atoms with E-state index in [9.17, 15) is 4.79 Å². The van der Waals surface area contributed by atoms with Gasteiger partial charge in [-0.05, 0) is 27.2 Å². The lowest BCUT2D eigenvalue weighted by Gasteiger charge is -2.24. The van der Waals surface area contributed by atoms with Gasteiger partial charge in [-0.15, -0.1) is 0 Å². The molecular weight excluding hydrogens is 294 g/mol. The number of carbonyl (C=O) groups excluding carboxylic acids is 1. The Morgan fingerprint density at radius 2 is 1.74 bits per heavy atom. The van der Waals surface area contributed by atoms with E-state index in [1.54, 1.807) is 0 Å². The van der Waals surface area contributed by atoms with E-state index in [0.29, 0.717) is 19.8 Å². The molecule has 0 bridgehead atoms. The van der Waals surface area contributed by atoms with Gasteiger partial charge in [0.05, 0.1) is 19.8 Å². The minimum Gasteiger partial charge on any atom is -0.459 e. The van der Waals surface area contributed by atoms with Gasteiger partial charge in [0.1, 0.15) is 11.6 Å². The molecule has 0 radical (unpaired) electrons. The van der Waals surface area contributed by atoms with Crippen molar-refractivity contribution < 1.29 is 19.4 Å². The lowest BCUT2D eigenvalue weighted by molar-refractivity contribution is -0.157. The number of ether oxygens (including phenoxy) is 2. The number of hydrogen-bond donors (Lipinski definition) is 2. The largest absolute Gasteiger partial charge is 0.459 e. The van der Waals surface area contributed by atoms with E-state index < -0.39 is 5.60 Å². The molecule has 0 aliphatic carbocycles. The zero-order valence-electron chi connectivity index (χ0n) is 15.5. The normalized spacial score (nSPS) is 13.1. The minimum atomic E-state index is -0.467. The Labute approximate surface area is 142 Å². The summed E-state index contributed by atoms with van der Waals surface area (Å²) in [5.41, 5.74) is -0.467. The van der Waals surface area contributed by atoms with Crippen molar-refractivity contribution in [2.75, 3.05) is 26.4 Å². The third-order valence-electron chi connectivity index (χ3n) is 3.41. The Hall–Kier alpha value is -0.650. The van der Waals surface area contributed by atoms with Crippen LogP contribution in [0.3, 0.4) is 0 Å². The summed E-state index contributed by atoms with van der Waals surface area (Å²) in [6.45, 7) is 9.28. The average molecular weight is 331 g/mol. The summed E-state index contributed by atoms with van der Waals surface area (Å²) < 4.78 is 10.7. The topological polar surface area (TPSA) is 67.8 Å². The molecule has 5 heteroatoms. The number of unbranched alkanes of at least 4 members (excludes halogenated alkanes) is 5. The second kappa shape index (κ2) is 13.8. The summed E-state index contributed by atoms with van der Waals surface area (Å²) in [6, 6.07) is -0.280. The minimum absolute atomic E-state index is 0.0211. The van der Waals surface area contributed by atoms with Gasteiger partial charge >= 0.3 is 5.97 Å². The van der Waals surface area contributed by atoms with Gasteiger partial charge in [0.25, 0.3) is 0 Å². The zero-order valence-corrected chi connectivity index (χ0v) is 15.5. The van der Waals surface area contributed by atoms with Crippen LogP contribution in [0, 0.1) is 0 Å². The van der Waals surface area contributed by atoms with Gasteiger partial charge in [-0.25, -0.2) is 0 Å². The monoisotopic (exact) mass is 331 g/mol. The highest BCUT2D eigenvalue weighted by molar-refractivity contribution is 5.76. The first-order chi connectivity index (χ1) is 10.9. The van der Waals surface area contributed by atoms with E-state index in [2.05, 4.69) is 12.2 Å². The summed E-state index contributed by atoms with van der Waals surface area (Å²) >= 11 is 0. The number of rotatable bonds is 14. The second-order valence-corrected chi connectivity index (χ2v) is 6.93. The fourth-order valence-electron chi connectivity index (χ4n) is 2.28. The van der Waals surface area contributed by atoms with Crippen LogP contribution in [0.5, 0.6) is 0 Å². The van der Waals surface area contributed by atoms with Gasteiger partial charge < -0.3 is 19.9 Å². The van der Waals surface area contributed by atoms with Crippen molar-refractivity contribution in [1.29, 1.82) is 0 Å². The van der Waals surface area contributed by atoms with E-state index in [4.69, 9.17) is 14.6 Å². The number of esters is 1. The molecule has 0 heterocycles. The van der Waals surface area contributed by atoms with Gasteiger partial charge in [-0.3, -0.25) is 4.79 Å². The molecule has 5 nitrogen and oxygen atoms in total. The molecule has 0 rings (SSSR count). The number of hydrogen-bond acceptors (Lipinski definition) is 5. The predicted molar refractivity (Wildman–Crippen MR) is 93.5 cm³/mol. The van der Waals surface area contributed by atoms with E-state index in [1.165, 1.54) is 25.7 Å². The lowest BCUT2D eigenvalue weighted by atomic mass is 10.1. The zero-order chi connectivity index (χ0) is 17.6. The van der Waals surface area contributed by atoms with Crippen LogP contribution in [0.25, 0.3) is 0 Å². The Morgan fingerprint density at radius 3 is 2.35 bits per heavy atom. The third-order valence-corrected chi connectivity index (χ3v) is 3.41. The summed E-state index contributed by atoms with van der Waals surface area (Å²) in [7, 11) is 0. The molecular formula is C18H37NO4. The highest BCUT2D eigenvalue weighted by Crippen LogP contribution is 2.13. The smallest absolute Gasteiger partial charge is 0.323 e. The maximum Gasteiger partial charge on any atom is 0.323 e. The summed E-state index contributed by atoms with van der Waals surface area (Å²) in [5.74, 6) is -0.187. The van der Waals surface area contributed by atoms with Crippen LogP contribution in [0.15, 0.2) is 0 Å². The Morgan fingerprint density at radius 1 is 1.09 bits per heavy atom. The molecule has 2 N–H and O–H groups in total. The van der Waals surface area contributed by atoms with Crippen molar-refractivity contribution in [1.82, 2.24) is 5.32 Å². The standard InChI is InChI=1S/C18H37NO4/c1-5-6-7-8-9-10-11-16(17(21)23-18(2,3)4)19-12-14-22-15-13-20/h16,19-20H,5-15H2,1-4H3. The first-order valence-corrected chi connectivity index (χ1v) is 9.05. The highest BCUT2D eigenvalue weighted by atomic mass is 16.6. The van der Waals surface area contributed by atoms with Crippen molar-refractivity contribution in [3.05, 3.63) is 0 Å². The van der Waals surface area contributed by atoms with Crippen LogP contribution in [0.1, 0.15) is 72.6 Å². The lowest BCUT2D eigenvalue weighted by Crippen LogP contribution is -2.42. The third kappa shape index (κ3) is 14.7. The Kier molecular flexibility index (Phi) is 13.4. The quantitative estimate of drug-likeness (QED) is 0.378. The van der Waals surface area contributed by atoms with E-state index in [1.807, 2.05) is 20.8 Å². The molecule has 0 amide bonds. The molecule has 0 fully saturated rings. The maximum atomic E-state index is 12.3. The number of aliphatic hydroxyl groups excluding tert-OH is 1. The molecule has 1 atom stereocenters. The van der Waals surface area contributed by atoms with Gasteiger partial charge in [0, 0.05) is 6.54 Å². The summed E-state index contributed by atoms with van der Waals surface area (Å²) in [5, 5.41) is 11.9. The van der Waals surface area contributed by atoms with E-state index in [-0.39, 0.29) is 18.6 Å². The molecule has 0 spiro atoms. The van der Waals surface area contributed by atoms with Crippen LogP contribution >= 0.6 is 0 Å². The van der Waals surface area contributed by atoms with Crippen molar-refractivity contribution in [2.45, 2.75) is 84.3 Å². The molecule has 138 valence electrons. The van der Waals surface area contributed by atoms with Gasteiger partial charge in [0.2, 0.25) is 0 Å². The first-order valence-electron chi connectivity index (χ1n) is 9.05. The number of nitrogens with one attached hydrogen (secondary N) is 1. The predicted octanol–water partition coefficient (Wildman–Crippen LogP) is 3.05. The van der Waals surface area contributed by atoms with Crippen molar-refractivity contribution >= 4 is 5.97 Å². The molecule has 1 unspecified atom stereocenters. The summed E-state index contributed by atoms with van der Waals surface area (Å²) in [4.78, 5) is 12.3. The fraction of sp³-hybridized carbons (Fsp3) is 0.944. The molecule has 0 aromatic rings. The van der Waals surface area contributed by atoms with Crippen molar-refractivity contribution in [3.63, 3.8) is 0 Å². The van der Waals surface area contributed by atoms with Crippen LogP contribution in [-0.2, 0) is 14.3 Å². The molecule has 0 aromatic heterocycles. The van der Waals surface area contributed by atoms with Crippen LogP contribution < -0.4 is 5.32 Å². The Bertz CT molecular complexity index is 289. The number of aliphatic hydroxyl groups is 1. The van der Waals surface area contributed by atoms with Crippen molar-refractivity contribution in [3.8, 4) is 0 Å². The van der Waals surface area contributed by atoms with Crippen LogP contribution in [0.2, 0.25) is 0 Å². The molecule has 0 aliphatic heterocycles. The van der Waals surface area contributed by atoms with Gasteiger partial charge in [0.15, 0.2) is 0 Å². The van der Waals surface area contributed by atoms with Gasteiger partial charge in [-0.2, -0.15) is 0 Å². The average Bonchev–Trinajstić information content (AvgIpc) is 2.46.